The van der Waals surface area contributed by atoms with Gasteiger partial charge in [-0.3, -0.25) is 10.4 Å². The van der Waals surface area contributed by atoms with Crippen molar-refractivity contribution in [2.24, 2.45) is 5.10 Å². The van der Waals surface area contributed by atoms with Gasteiger partial charge in [0.2, 0.25) is 0 Å². The van der Waals surface area contributed by atoms with E-state index in [0.717, 1.165) is 10.1 Å². The lowest BCUT2D eigenvalue weighted by Gasteiger charge is -2.06. The van der Waals surface area contributed by atoms with Crippen molar-refractivity contribution in [3.05, 3.63) is 30.1 Å². The molecule has 0 bridgehead atoms. The Bertz CT molecular complexity index is 397. The average Bonchev–Trinajstić information content (AvgIpc) is 2.76. The average molecular weight is 235 g/mol. The number of hydrazone groups is 1. The van der Waals surface area contributed by atoms with E-state index in [1.807, 2.05) is 18.2 Å². The summed E-state index contributed by atoms with van der Waals surface area (Å²) in [6.07, 6.45) is 6.97. The summed E-state index contributed by atoms with van der Waals surface area (Å²) in [5.41, 5.74) is 4.02. The number of pyridine rings is 1. The SMILES string of the molecule is C#CCSC1=NN[C@H](c2ccccn2)S1. The van der Waals surface area contributed by atoms with E-state index in [1.165, 1.54) is 0 Å². The number of hydrogen-bond acceptors (Lipinski definition) is 5. The van der Waals surface area contributed by atoms with E-state index in [0.29, 0.717) is 5.75 Å². The zero-order valence-corrected chi connectivity index (χ0v) is 9.52. The zero-order valence-electron chi connectivity index (χ0n) is 7.88. The molecule has 0 radical (unpaired) electrons. The van der Waals surface area contributed by atoms with Crippen molar-refractivity contribution in [1.82, 2.24) is 10.4 Å². The molecule has 0 amide bonds. The van der Waals surface area contributed by atoms with E-state index in [2.05, 4.69) is 21.4 Å². The molecule has 2 heterocycles. The molecule has 0 aliphatic carbocycles. The highest BCUT2D eigenvalue weighted by Gasteiger charge is 2.21. The maximum Gasteiger partial charge on any atom is 0.153 e. The van der Waals surface area contributed by atoms with E-state index in [4.69, 9.17) is 6.42 Å². The van der Waals surface area contributed by atoms with Crippen LogP contribution in [0.1, 0.15) is 11.1 Å². The maximum atomic E-state index is 5.18. The molecule has 15 heavy (non-hydrogen) atoms. The highest BCUT2D eigenvalue weighted by Crippen LogP contribution is 2.34. The summed E-state index contributed by atoms with van der Waals surface area (Å²) in [7, 11) is 0. The second-order valence-corrected chi connectivity index (χ2v) is 5.07. The summed E-state index contributed by atoms with van der Waals surface area (Å²) in [4.78, 5) is 4.27. The number of hydrogen-bond donors (Lipinski definition) is 1. The fourth-order valence-corrected chi connectivity index (χ4v) is 2.83. The van der Waals surface area contributed by atoms with Crippen LogP contribution in [-0.4, -0.2) is 15.1 Å². The molecule has 1 atom stereocenters. The van der Waals surface area contributed by atoms with Crippen molar-refractivity contribution in [3.63, 3.8) is 0 Å². The van der Waals surface area contributed by atoms with E-state index in [-0.39, 0.29) is 5.37 Å². The number of thioether (sulfide) groups is 2. The normalized spacial score (nSPS) is 19.1. The van der Waals surface area contributed by atoms with Crippen LogP contribution in [0.2, 0.25) is 0 Å². The molecule has 2 rings (SSSR count). The van der Waals surface area contributed by atoms with Crippen LogP contribution in [0.5, 0.6) is 0 Å². The molecule has 0 unspecified atom stereocenters. The Morgan fingerprint density at radius 3 is 3.27 bits per heavy atom. The smallest absolute Gasteiger partial charge is 0.153 e. The van der Waals surface area contributed by atoms with Crippen LogP contribution in [0.4, 0.5) is 0 Å². The molecule has 0 fully saturated rings. The molecule has 3 nitrogen and oxygen atoms in total. The third kappa shape index (κ3) is 2.67. The molecule has 0 saturated heterocycles. The number of nitrogens with zero attached hydrogens (tertiary/aromatic N) is 2. The third-order valence-corrected chi connectivity index (χ3v) is 3.89. The lowest BCUT2D eigenvalue weighted by molar-refractivity contribution is 0.725. The van der Waals surface area contributed by atoms with Gasteiger partial charge in [0.15, 0.2) is 4.38 Å². The molecule has 1 aliphatic heterocycles. The van der Waals surface area contributed by atoms with Crippen LogP contribution in [0, 0.1) is 12.3 Å². The zero-order chi connectivity index (χ0) is 10.5. The molecule has 0 saturated carbocycles. The van der Waals surface area contributed by atoms with Gasteiger partial charge in [0.1, 0.15) is 5.37 Å². The van der Waals surface area contributed by atoms with Gasteiger partial charge >= 0.3 is 0 Å². The molecule has 0 spiro atoms. The van der Waals surface area contributed by atoms with Crippen LogP contribution >= 0.6 is 23.5 Å². The molecule has 1 aliphatic rings. The van der Waals surface area contributed by atoms with Gasteiger partial charge in [-0.1, -0.05) is 35.5 Å². The molecule has 1 N–H and O–H groups in total. The molecule has 1 aromatic heterocycles. The molecule has 76 valence electrons. The van der Waals surface area contributed by atoms with Crippen molar-refractivity contribution >= 4 is 27.9 Å². The lowest BCUT2D eigenvalue weighted by Crippen LogP contribution is -2.07. The minimum Gasteiger partial charge on any atom is -0.289 e. The molecule has 0 aromatic carbocycles. The Morgan fingerprint density at radius 2 is 2.53 bits per heavy atom. The second kappa shape index (κ2) is 5.10. The van der Waals surface area contributed by atoms with Crippen LogP contribution in [0.15, 0.2) is 29.5 Å². The summed E-state index contributed by atoms with van der Waals surface area (Å²) >= 11 is 3.22. The summed E-state index contributed by atoms with van der Waals surface area (Å²) in [6.45, 7) is 0. The topological polar surface area (TPSA) is 37.3 Å². The van der Waals surface area contributed by atoms with Gasteiger partial charge in [0.05, 0.1) is 11.4 Å². The van der Waals surface area contributed by atoms with E-state index in [9.17, 15) is 0 Å². The molecule has 5 heteroatoms. The minimum absolute atomic E-state index is 0.117. The number of nitrogens with one attached hydrogen (secondary N) is 1. The van der Waals surface area contributed by atoms with Gasteiger partial charge in [-0.15, -0.1) is 6.42 Å². The largest absolute Gasteiger partial charge is 0.289 e. The predicted octanol–water partition coefficient (Wildman–Crippen LogP) is 2.05. The standard InChI is InChI=1S/C10H9N3S2/c1-2-7-14-10-13-12-9(15-10)8-5-3-4-6-11-8/h1,3-6,9,12H,7H2/t9-/m0/s1. The summed E-state index contributed by atoms with van der Waals surface area (Å²) < 4.78 is 0.976. The van der Waals surface area contributed by atoms with Gasteiger partial charge in [-0.05, 0) is 12.1 Å². The first-order valence-corrected chi connectivity index (χ1v) is 6.24. The Labute approximate surface area is 97.1 Å². The quantitative estimate of drug-likeness (QED) is 0.796. The first-order chi connectivity index (χ1) is 7.40. The first-order valence-electron chi connectivity index (χ1n) is 4.37. The number of aromatic nitrogens is 1. The molecule has 1 aromatic rings. The Morgan fingerprint density at radius 1 is 1.60 bits per heavy atom. The lowest BCUT2D eigenvalue weighted by atomic mass is 10.3. The molecular formula is C10H9N3S2. The highest BCUT2D eigenvalue weighted by molar-refractivity contribution is 8.39. The third-order valence-electron chi connectivity index (χ3n) is 1.73. The number of rotatable bonds is 2. The van der Waals surface area contributed by atoms with Crippen molar-refractivity contribution in [1.29, 1.82) is 0 Å². The van der Waals surface area contributed by atoms with Crippen molar-refractivity contribution < 1.29 is 0 Å². The van der Waals surface area contributed by atoms with Crippen molar-refractivity contribution in [3.8, 4) is 12.3 Å². The van der Waals surface area contributed by atoms with E-state index in [1.54, 1.807) is 29.7 Å². The van der Waals surface area contributed by atoms with Crippen molar-refractivity contribution in [2.45, 2.75) is 5.37 Å². The van der Waals surface area contributed by atoms with Gasteiger partial charge < -0.3 is 0 Å². The van der Waals surface area contributed by atoms with Crippen LogP contribution < -0.4 is 5.43 Å². The van der Waals surface area contributed by atoms with E-state index < -0.39 is 0 Å². The number of terminal acetylenes is 1. The fourth-order valence-electron chi connectivity index (χ4n) is 1.09. The minimum atomic E-state index is 0.117. The van der Waals surface area contributed by atoms with E-state index >= 15 is 0 Å². The van der Waals surface area contributed by atoms with Gasteiger partial charge in [-0.25, -0.2) is 0 Å². The van der Waals surface area contributed by atoms with Crippen LogP contribution in [-0.2, 0) is 0 Å². The Hall–Kier alpha value is -1.12. The highest BCUT2D eigenvalue weighted by atomic mass is 32.2. The van der Waals surface area contributed by atoms with Crippen LogP contribution in [0.3, 0.4) is 0 Å². The molecular weight excluding hydrogens is 226 g/mol. The van der Waals surface area contributed by atoms with Gasteiger partial charge in [-0.2, -0.15) is 5.10 Å². The summed E-state index contributed by atoms with van der Waals surface area (Å²) in [5.74, 6) is 3.23. The monoisotopic (exact) mass is 235 g/mol. The Balaban J connectivity index is 1.94. The first kappa shape index (κ1) is 10.4. The van der Waals surface area contributed by atoms with Gasteiger partial charge in [0.25, 0.3) is 0 Å². The second-order valence-electron chi connectivity index (χ2n) is 2.75. The van der Waals surface area contributed by atoms with Crippen LogP contribution in [0.25, 0.3) is 0 Å². The van der Waals surface area contributed by atoms with Gasteiger partial charge in [0, 0.05) is 6.20 Å². The summed E-state index contributed by atoms with van der Waals surface area (Å²) in [5, 5.41) is 4.31. The predicted molar refractivity (Wildman–Crippen MR) is 66.4 cm³/mol. The van der Waals surface area contributed by atoms with Crippen molar-refractivity contribution in [2.75, 3.05) is 5.75 Å². The summed E-state index contributed by atoms with van der Waals surface area (Å²) in [6, 6.07) is 5.85. The Kier molecular flexibility index (Phi) is 3.54. The maximum absolute atomic E-state index is 5.18. The fraction of sp³-hybridized carbons (Fsp3) is 0.200.